The molecule has 0 atom stereocenters. The Hall–Kier alpha value is -0.0800. The van der Waals surface area contributed by atoms with Crippen molar-refractivity contribution in [1.82, 2.24) is 15.1 Å². The van der Waals surface area contributed by atoms with Crippen molar-refractivity contribution < 1.29 is 13.2 Å². The summed E-state index contributed by atoms with van der Waals surface area (Å²) < 4.78 is 23.8. The molecule has 0 aromatic rings. The van der Waals surface area contributed by atoms with E-state index >= 15 is 0 Å². The third-order valence-corrected chi connectivity index (χ3v) is 8.63. The van der Waals surface area contributed by atoms with Gasteiger partial charge in [-0.25, -0.2) is 8.42 Å². The number of rotatable bonds is 4. The van der Waals surface area contributed by atoms with Crippen molar-refractivity contribution in [3.8, 4) is 0 Å². The van der Waals surface area contributed by atoms with Gasteiger partial charge >= 0.3 is 0 Å². The van der Waals surface area contributed by atoms with Crippen molar-refractivity contribution in [2.45, 2.75) is 56.1 Å². The molecule has 0 bridgehead atoms. The molecule has 1 amide bonds. The quantitative estimate of drug-likeness (QED) is 0.699. The van der Waals surface area contributed by atoms with Crippen molar-refractivity contribution in [2.75, 3.05) is 52.1 Å². The summed E-state index contributed by atoms with van der Waals surface area (Å²) in [4.78, 5) is 17.6. The second-order valence-electron chi connectivity index (χ2n) is 8.47. The van der Waals surface area contributed by atoms with Gasteiger partial charge in [0, 0.05) is 32.4 Å². The molecule has 9 heteroatoms. The summed E-state index contributed by atoms with van der Waals surface area (Å²) in [6.45, 7) is 5.58. The predicted octanol–water partition coefficient (Wildman–Crippen LogP) is 2.11. The Morgan fingerprint density at radius 1 is 0.964 bits per heavy atom. The van der Waals surface area contributed by atoms with E-state index in [2.05, 4.69) is 10.2 Å². The molecule has 28 heavy (non-hydrogen) atoms. The maximum Gasteiger partial charge on any atom is 0.244 e. The first-order valence-electron chi connectivity index (χ1n) is 10.3. The highest BCUT2D eigenvalue weighted by atomic mass is 35.5. The molecule has 2 heterocycles. The van der Waals surface area contributed by atoms with Crippen molar-refractivity contribution in [1.29, 1.82) is 0 Å². The number of piperidine rings is 1. The van der Waals surface area contributed by atoms with E-state index in [9.17, 15) is 13.2 Å². The van der Waals surface area contributed by atoms with Crippen LogP contribution in [0.2, 0.25) is 0 Å². The molecule has 1 aliphatic carbocycles. The smallest absolute Gasteiger partial charge is 0.244 e. The van der Waals surface area contributed by atoms with Gasteiger partial charge in [-0.05, 0) is 57.7 Å². The topological polar surface area (TPSA) is 69.7 Å². The molecule has 0 unspecified atom stereocenters. The third kappa shape index (κ3) is 5.97. The normalized spacial score (nSPS) is 24.5. The van der Waals surface area contributed by atoms with E-state index in [4.69, 9.17) is 0 Å². The molecule has 1 N–H and O–H groups in total. The molecular weight excluding hydrogens is 421 g/mol. The highest BCUT2D eigenvalue weighted by Crippen LogP contribution is 2.31. The summed E-state index contributed by atoms with van der Waals surface area (Å²) in [6, 6.07) is 0. The average molecular weight is 458 g/mol. The van der Waals surface area contributed by atoms with Gasteiger partial charge in [-0.1, -0.05) is 19.3 Å². The molecule has 0 aromatic heterocycles. The van der Waals surface area contributed by atoms with Crippen LogP contribution in [0.5, 0.6) is 0 Å². The zero-order chi connectivity index (χ0) is 18.6. The number of sulfone groups is 1. The molecule has 2 saturated heterocycles. The highest BCUT2D eigenvalue weighted by molar-refractivity contribution is 7.92. The number of nitrogens with one attached hydrogen (secondary N) is 1. The SMILES string of the molecule is CS(=O)(=O)C1(C(=O)N2CCCN(CC3CCCCC3)CC2)CCNCC1.Cl.Cl. The first-order valence-corrected chi connectivity index (χ1v) is 12.2. The van der Waals surface area contributed by atoms with E-state index in [0.717, 1.165) is 32.0 Å². The van der Waals surface area contributed by atoms with E-state index in [1.165, 1.54) is 38.4 Å². The molecule has 3 fully saturated rings. The third-order valence-electron chi connectivity index (χ3n) is 6.63. The molecule has 0 spiro atoms. The minimum Gasteiger partial charge on any atom is -0.340 e. The van der Waals surface area contributed by atoms with Crippen LogP contribution in [0.4, 0.5) is 0 Å². The van der Waals surface area contributed by atoms with Gasteiger partial charge in [0.2, 0.25) is 5.91 Å². The molecule has 166 valence electrons. The van der Waals surface area contributed by atoms with Gasteiger partial charge in [-0.2, -0.15) is 0 Å². The fraction of sp³-hybridized carbons (Fsp3) is 0.947. The lowest BCUT2D eigenvalue weighted by atomic mass is 9.89. The van der Waals surface area contributed by atoms with Gasteiger partial charge in [-0.3, -0.25) is 4.79 Å². The molecule has 0 radical (unpaired) electrons. The highest BCUT2D eigenvalue weighted by Gasteiger charge is 2.50. The number of carbonyl (C=O) groups excluding carboxylic acids is 1. The Balaban J connectivity index is 0.00000196. The Kier molecular flexibility index (Phi) is 10.5. The lowest BCUT2D eigenvalue weighted by Gasteiger charge is -2.38. The van der Waals surface area contributed by atoms with E-state index < -0.39 is 14.6 Å². The van der Waals surface area contributed by atoms with Crippen molar-refractivity contribution in [3.63, 3.8) is 0 Å². The fourth-order valence-corrected chi connectivity index (χ4v) is 6.35. The molecular formula is C19H37Cl2N3O3S. The van der Waals surface area contributed by atoms with E-state index in [1.54, 1.807) is 0 Å². The molecule has 1 saturated carbocycles. The van der Waals surface area contributed by atoms with Gasteiger partial charge in [0.25, 0.3) is 0 Å². The lowest BCUT2D eigenvalue weighted by molar-refractivity contribution is -0.134. The van der Waals surface area contributed by atoms with Crippen LogP contribution in [0.25, 0.3) is 0 Å². The fourth-order valence-electron chi connectivity index (χ4n) is 4.95. The summed E-state index contributed by atoms with van der Waals surface area (Å²) >= 11 is 0. The van der Waals surface area contributed by atoms with Crippen LogP contribution < -0.4 is 5.32 Å². The number of carbonyl (C=O) groups is 1. The minimum atomic E-state index is -3.43. The van der Waals surface area contributed by atoms with Crippen LogP contribution in [0, 0.1) is 5.92 Å². The summed E-state index contributed by atoms with van der Waals surface area (Å²) in [7, 11) is -3.43. The van der Waals surface area contributed by atoms with E-state index in [0.29, 0.717) is 39.0 Å². The Bertz CT molecular complexity index is 591. The number of halogens is 2. The number of nitrogens with zero attached hydrogens (tertiary/aromatic N) is 2. The summed E-state index contributed by atoms with van der Waals surface area (Å²) in [5.74, 6) is 0.652. The molecule has 2 aliphatic heterocycles. The Morgan fingerprint density at radius 2 is 1.61 bits per heavy atom. The van der Waals surface area contributed by atoms with E-state index in [-0.39, 0.29) is 30.7 Å². The monoisotopic (exact) mass is 457 g/mol. The summed E-state index contributed by atoms with van der Waals surface area (Å²) in [5, 5.41) is 3.19. The molecule has 3 rings (SSSR count). The molecule has 3 aliphatic rings. The lowest BCUT2D eigenvalue weighted by Crippen LogP contribution is -2.58. The zero-order valence-electron chi connectivity index (χ0n) is 17.0. The number of amides is 1. The Labute approximate surface area is 182 Å². The minimum absolute atomic E-state index is 0. The standard InChI is InChI=1S/C19H35N3O3S.2ClH/c1-26(24,25)19(8-10-20-11-9-19)18(23)22-13-5-12-21(14-15-22)16-17-6-3-2-4-7-17;;/h17,20H,2-16H2,1H3;2*1H. The summed E-state index contributed by atoms with van der Waals surface area (Å²) in [5.41, 5.74) is 0. The zero-order valence-corrected chi connectivity index (χ0v) is 19.5. The van der Waals surface area contributed by atoms with Crippen LogP contribution in [0.3, 0.4) is 0 Å². The van der Waals surface area contributed by atoms with Crippen molar-refractivity contribution in [2.24, 2.45) is 5.92 Å². The van der Waals surface area contributed by atoms with Crippen molar-refractivity contribution in [3.05, 3.63) is 0 Å². The second-order valence-corrected chi connectivity index (χ2v) is 10.8. The van der Waals surface area contributed by atoms with Crippen LogP contribution in [0.1, 0.15) is 51.4 Å². The summed E-state index contributed by atoms with van der Waals surface area (Å²) in [6.07, 6.45) is 9.73. The first kappa shape index (κ1) is 26.0. The van der Waals surface area contributed by atoms with Crippen LogP contribution >= 0.6 is 24.8 Å². The van der Waals surface area contributed by atoms with Crippen LogP contribution in [-0.4, -0.2) is 80.9 Å². The first-order chi connectivity index (χ1) is 12.4. The van der Waals surface area contributed by atoms with Crippen LogP contribution in [0.15, 0.2) is 0 Å². The van der Waals surface area contributed by atoms with Crippen LogP contribution in [-0.2, 0) is 14.6 Å². The molecule has 0 aromatic carbocycles. The largest absolute Gasteiger partial charge is 0.340 e. The average Bonchev–Trinajstić information content (AvgIpc) is 2.87. The Morgan fingerprint density at radius 3 is 2.21 bits per heavy atom. The van der Waals surface area contributed by atoms with Gasteiger partial charge in [-0.15, -0.1) is 24.8 Å². The van der Waals surface area contributed by atoms with Gasteiger partial charge < -0.3 is 15.1 Å². The maximum atomic E-state index is 13.3. The van der Waals surface area contributed by atoms with Gasteiger partial charge in [0.15, 0.2) is 14.6 Å². The molecule has 6 nitrogen and oxygen atoms in total. The number of hydrogen-bond donors (Lipinski definition) is 1. The number of hydrogen-bond acceptors (Lipinski definition) is 5. The second kappa shape index (κ2) is 11.3. The predicted molar refractivity (Wildman–Crippen MR) is 118 cm³/mol. The maximum absolute atomic E-state index is 13.3. The van der Waals surface area contributed by atoms with E-state index in [1.807, 2.05) is 4.90 Å². The van der Waals surface area contributed by atoms with Crippen molar-refractivity contribution >= 4 is 40.6 Å². The van der Waals surface area contributed by atoms with Gasteiger partial charge in [0.1, 0.15) is 0 Å². The van der Waals surface area contributed by atoms with Gasteiger partial charge in [0.05, 0.1) is 0 Å².